The standard InChI is InChI=1S/C16H18N2O3S/c1-2-21-13-5-3-4-12(10-13)11-14-15(19)17-16(22-14)18-6-8-20-9-7-18/h3-5,10-11H,2,6-9H2,1H3. The van der Waals surface area contributed by atoms with Crippen LogP contribution in [0.25, 0.3) is 6.08 Å². The fourth-order valence-corrected chi connectivity index (χ4v) is 3.26. The van der Waals surface area contributed by atoms with Gasteiger partial charge in [-0.3, -0.25) is 4.79 Å². The van der Waals surface area contributed by atoms with Crippen molar-refractivity contribution >= 4 is 28.9 Å². The zero-order valence-corrected chi connectivity index (χ0v) is 13.3. The summed E-state index contributed by atoms with van der Waals surface area (Å²) in [6.45, 7) is 5.51. The maximum atomic E-state index is 12.1. The second-order valence-electron chi connectivity index (χ2n) is 4.92. The highest BCUT2D eigenvalue weighted by Crippen LogP contribution is 2.31. The summed E-state index contributed by atoms with van der Waals surface area (Å²) in [4.78, 5) is 19.0. The van der Waals surface area contributed by atoms with E-state index in [1.54, 1.807) is 0 Å². The van der Waals surface area contributed by atoms with E-state index in [-0.39, 0.29) is 5.91 Å². The zero-order chi connectivity index (χ0) is 15.4. The van der Waals surface area contributed by atoms with Gasteiger partial charge in [-0.2, -0.15) is 4.99 Å². The number of morpholine rings is 1. The molecule has 1 amide bonds. The minimum Gasteiger partial charge on any atom is -0.494 e. The van der Waals surface area contributed by atoms with Crippen LogP contribution in [0.4, 0.5) is 0 Å². The number of amides is 1. The Hall–Kier alpha value is -1.79. The highest BCUT2D eigenvalue weighted by Gasteiger charge is 2.27. The van der Waals surface area contributed by atoms with Crippen LogP contribution in [-0.2, 0) is 9.53 Å². The zero-order valence-electron chi connectivity index (χ0n) is 12.4. The normalized spacial score (nSPS) is 20.4. The molecule has 1 aromatic rings. The first kappa shape index (κ1) is 15.1. The van der Waals surface area contributed by atoms with Crippen molar-refractivity contribution in [2.45, 2.75) is 6.92 Å². The smallest absolute Gasteiger partial charge is 0.286 e. The summed E-state index contributed by atoms with van der Waals surface area (Å²) in [5.74, 6) is 0.634. The van der Waals surface area contributed by atoms with Gasteiger partial charge >= 0.3 is 0 Å². The number of hydrogen-bond acceptors (Lipinski definition) is 5. The van der Waals surface area contributed by atoms with Crippen LogP contribution in [-0.4, -0.2) is 48.9 Å². The molecule has 1 aromatic carbocycles. The average Bonchev–Trinajstić information content (AvgIpc) is 2.90. The lowest BCUT2D eigenvalue weighted by atomic mass is 10.2. The van der Waals surface area contributed by atoms with Crippen LogP contribution in [0.3, 0.4) is 0 Å². The number of benzene rings is 1. The second-order valence-corrected chi connectivity index (χ2v) is 5.92. The Bertz CT molecular complexity index is 622. The van der Waals surface area contributed by atoms with E-state index < -0.39 is 0 Å². The number of amidine groups is 1. The summed E-state index contributed by atoms with van der Waals surface area (Å²) in [5.41, 5.74) is 0.945. The van der Waals surface area contributed by atoms with Crippen LogP contribution >= 0.6 is 11.8 Å². The minimum atomic E-state index is -0.173. The summed E-state index contributed by atoms with van der Waals surface area (Å²) in [5, 5.41) is 0.778. The van der Waals surface area contributed by atoms with Gasteiger partial charge in [0.15, 0.2) is 5.17 Å². The van der Waals surface area contributed by atoms with Crippen molar-refractivity contribution in [3.63, 3.8) is 0 Å². The van der Waals surface area contributed by atoms with E-state index in [4.69, 9.17) is 9.47 Å². The van der Waals surface area contributed by atoms with E-state index in [2.05, 4.69) is 9.89 Å². The van der Waals surface area contributed by atoms with Gasteiger partial charge in [0.05, 0.1) is 24.7 Å². The largest absolute Gasteiger partial charge is 0.494 e. The molecule has 0 spiro atoms. The molecule has 2 aliphatic rings. The fourth-order valence-electron chi connectivity index (χ4n) is 2.30. The van der Waals surface area contributed by atoms with Crippen molar-refractivity contribution in [3.8, 4) is 5.75 Å². The topological polar surface area (TPSA) is 51.1 Å². The molecule has 0 saturated carbocycles. The molecule has 22 heavy (non-hydrogen) atoms. The number of nitrogens with zero attached hydrogens (tertiary/aromatic N) is 2. The predicted molar refractivity (Wildman–Crippen MR) is 88.0 cm³/mol. The van der Waals surface area contributed by atoms with Crippen LogP contribution in [0, 0.1) is 0 Å². The number of hydrogen-bond donors (Lipinski definition) is 0. The highest BCUT2D eigenvalue weighted by molar-refractivity contribution is 8.18. The van der Waals surface area contributed by atoms with E-state index in [0.717, 1.165) is 29.6 Å². The molecule has 116 valence electrons. The minimum absolute atomic E-state index is 0.173. The van der Waals surface area contributed by atoms with Gasteiger partial charge in [0.25, 0.3) is 5.91 Å². The summed E-state index contributed by atoms with van der Waals surface area (Å²) in [7, 11) is 0. The quantitative estimate of drug-likeness (QED) is 0.801. The maximum Gasteiger partial charge on any atom is 0.286 e. The molecule has 5 nitrogen and oxygen atoms in total. The fraction of sp³-hybridized carbons (Fsp3) is 0.375. The van der Waals surface area contributed by atoms with E-state index in [0.29, 0.717) is 24.7 Å². The number of thioether (sulfide) groups is 1. The van der Waals surface area contributed by atoms with Crippen LogP contribution < -0.4 is 4.74 Å². The molecular formula is C16H18N2O3S. The van der Waals surface area contributed by atoms with Crippen LogP contribution in [0.1, 0.15) is 12.5 Å². The third-order valence-electron chi connectivity index (χ3n) is 3.36. The summed E-state index contributed by atoms with van der Waals surface area (Å²) in [6.07, 6.45) is 1.87. The Morgan fingerprint density at radius 2 is 2.23 bits per heavy atom. The van der Waals surface area contributed by atoms with Crippen LogP contribution in [0.2, 0.25) is 0 Å². The molecule has 2 aliphatic heterocycles. The molecule has 6 heteroatoms. The van der Waals surface area contributed by atoms with E-state index >= 15 is 0 Å². The molecule has 2 heterocycles. The summed E-state index contributed by atoms with van der Waals surface area (Å²) < 4.78 is 10.8. The van der Waals surface area contributed by atoms with Gasteiger partial charge in [0, 0.05) is 13.1 Å². The number of ether oxygens (including phenoxy) is 2. The van der Waals surface area contributed by atoms with Crippen molar-refractivity contribution < 1.29 is 14.3 Å². The van der Waals surface area contributed by atoms with Crippen molar-refractivity contribution in [1.82, 2.24) is 4.90 Å². The molecule has 1 fully saturated rings. The number of carbonyl (C=O) groups excluding carboxylic acids is 1. The first-order chi connectivity index (χ1) is 10.8. The second kappa shape index (κ2) is 6.98. The Balaban J connectivity index is 1.73. The van der Waals surface area contributed by atoms with Crippen LogP contribution in [0.5, 0.6) is 5.75 Å². The monoisotopic (exact) mass is 318 g/mol. The molecular weight excluding hydrogens is 300 g/mol. The average molecular weight is 318 g/mol. The highest BCUT2D eigenvalue weighted by atomic mass is 32.2. The Morgan fingerprint density at radius 1 is 1.41 bits per heavy atom. The molecule has 3 rings (SSSR count). The van der Waals surface area contributed by atoms with Gasteiger partial charge < -0.3 is 14.4 Å². The maximum absolute atomic E-state index is 12.1. The third-order valence-corrected chi connectivity index (χ3v) is 4.40. The lowest BCUT2D eigenvalue weighted by Gasteiger charge is -2.27. The van der Waals surface area contributed by atoms with E-state index in [1.165, 1.54) is 11.8 Å². The van der Waals surface area contributed by atoms with Gasteiger partial charge in [-0.1, -0.05) is 12.1 Å². The summed E-state index contributed by atoms with van der Waals surface area (Å²) >= 11 is 1.43. The van der Waals surface area contributed by atoms with Gasteiger partial charge in [-0.15, -0.1) is 0 Å². The van der Waals surface area contributed by atoms with Crippen molar-refractivity contribution in [2.24, 2.45) is 4.99 Å². The first-order valence-corrected chi connectivity index (χ1v) is 8.16. The van der Waals surface area contributed by atoms with Crippen molar-refractivity contribution in [3.05, 3.63) is 34.7 Å². The lowest BCUT2D eigenvalue weighted by Crippen LogP contribution is -2.38. The van der Waals surface area contributed by atoms with Gasteiger partial charge in [-0.25, -0.2) is 0 Å². The van der Waals surface area contributed by atoms with Crippen molar-refractivity contribution in [2.75, 3.05) is 32.9 Å². The van der Waals surface area contributed by atoms with Gasteiger partial charge in [-0.05, 0) is 42.5 Å². The molecule has 0 bridgehead atoms. The number of aliphatic imine (C=N–C) groups is 1. The molecule has 1 saturated heterocycles. The van der Waals surface area contributed by atoms with Crippen LogP contribution in [0.15, 0.2) is 34.2 Å². The van der Waals surface area contributed by atoms with Gasteiger partial charge in [0.1, 0.15) is 5.75 Å². The summed E-state index contributed by atoms with van der Waals surface area (Å²) in [6, 6.07) is 7.71. The predicted octanol–water partition coefficient (Wildman–Crippen LogP) is 2.39. The Labute approximate surface area is 134 Å². The molecule has 0 atom stereocenters. The molecule has 0 N–H and O–H groups in total. The van der Waals surface area contributed by atoms with E-state index in [9.17, 15) is 4.79 Å². The Morgan fingerprint density at radius 3 is 3.00 bits per heavy atom. The number of rotatable bonds is 3. The molecule has 0 unspecified atom stereocenters. The SMILES string of the molecule is CCOc1cccc(C=C2SC(N3CCOCC3)=NC2=O)c1. The molecule has 0 radical (unpaired) electrons. The molecule has 0 aliphatic carbocycles. The first-order valence-electron chi connectivity index (χ1n) is 7.34. The van der Waals surface area contributed by atoms with Crippen molar-refractivity contribution in [1.29, 1.82) is 0 Å². The lowest BCUT2D eigenvalue weighted by molar-refractivity contribution is -0.113. The van der Waals surface area contributed by atoms with Gasteiger partial charge in [0.2, 0.25) is 0 Å². The number of carbonyl (C=O) groups is 1. The van der Waals surface area contributed by atoms with E-state index in [1.807, 2.05) is 37.3 Å². The third kappa shape index (κ3) is 3.51. The molecule has 0 aromatic heterocycles. The Kier molecular flexibility index (Phi) is 4.80.